The van der Waals surface area contributed by atoms with Crippen molar-refractivity contribution in [2.24, 2.45) is 0 Å². The summed E-state index contributed by atoms with van der Waals surface area (Å²) in [6.07, 6.45) is 7.84. The van der Waals surface area contributed by atoms with Gasteiger partial charge < -0.3 is 10.1 Å². The highest BCUT2D eigenvalue weighted by Crippen LogP contribution is 2.31. The Hall–Kier alpha value is -3.40. The Labute approximate surface area is 192 Å². The molecule has 1 heterocycles. The van der Waals surface area contributed by atoms with Gasteiger partial charge in [0.1, 0.15) is 18.2 Å². The maximum atomic E-state index is 5.78. The lowest BCUT2D eigenvalue weighted by Crippen LogP contribution is -2.02. The number of aromatic nitrogens is 2. The number of rotatable bonds is 8. The van der Waals surface area contributed by atoms with E-state index in [0.717, 1.165) is 29.4 Å². The molecule has 0 aliphatic heterocycles. The molecule has 0 atom stereocenters. The fraction of sp³-hybridized carbons (Fsp3) is 0.286. The van der Waals surface area contributed by atoms with Gasteiger partial charge in [-0.1, -0.05) is 35.4 Å². The number of benzene rings is 2. The number of hydrogen-bond donors (Lipinski definition) is 1. The third kappa shape index (κ3) is 6.30. The molecule has 0 amide bonds. The predicted octanol–water partition coefficient (Wildman–Crippen LogP) is 7.15. The van der Waals surface area contributed by atoms with Gasteiger partial charge in [-0.25, -0.2) is 4.98 Å². The molecule has 3 aromatic rings. The lowest BCUT2D eigenvalue weighted by molar-refractivity contribution is 0.362. The van der Waals surface area contributed by atoms with Crippen LogP contribution in [0.5, 0.6) is 5.75 Å². The van der Waals surface area contributed by atoms with Gasteiger partial charge >= 0.3 is 0 Å². The second-order valence-corrected chi connectivity index (χ2v) is 8.55. The Morgan fingerprint density at radius 1 is 0.844 bits per heavy atom. The van der Waals surface area contributed by atoms with Gasteiger partial charge in [-0.3, -0.25) is 4.98 Å². The average molecular weight is 428 g/mol. The normalized spacial score (nSPS) is 10.4. The maximum absolute atomic E-state index is 5.78. The summed E-state index contributed by atoms with van der Waals surface area (Å²) >= 11 is 0. The fourth-order valence-electron chi connectivity index (χ4n) is 3.36. The van der Waals surface area contributed by atoms with E-state index < -0.39 is 0 Å². The van der Waals surface area contributed by atoms with E-state index in [1.807, 2.05) is 18.3 Å². The number of nitrogens with zero attached hydrogens (tertiary/aromatic N) is 2. The van der Waals surface area contributed by atoms with Crippen LogP contribution in [0, 0.1) is 13.8 Å². The SMILES string of the molecule is CC(C)=CCNc1cnc(-c2cc(C)c(-c3ccc(OCC=C(C)C)cc3)cc2C)cn1. The Balaban J connectivity index is 1.76. The minimum absolute atomic E-state index is 0.596. The van der Waals surface area contributed by atoms with Crippen LogP contribution in [0.2, 0.25) is 0 Å². The second-order valence-electron chi connectivity index (χ2n) is 8.55. The van der Waals surface area contributed by atoms with E-state index >= 15 is 0 Å². The zero-order valence-corrected chi connectivity index (χ0v) is 20.0. The monoisotopic (exact) mass is 427 g/mol. The fourth-order valence-corrected chi connectivity index (χ4v) is 3.36. The van der Waals surface area contributed by atoms with Crippen molar-refractivity contribution in [3.8, 4) is 28.1 Å². The number of ether oxygens (including phenoxy) is 1. The van der Waals surface area contributed by atoms with Crippen LogP contribution in [0.1, 0.15) is 38.8 Å². The highest BCUT2D eigenvalue weighted by molar-refractivity contribution is 5.75. The molecule has 1 aromatic heterocycles. The molecule has 0 unspecified atom stereocenters. The summed E-state index contributed by atoms with van der Waals surface area (Å²) < 4.78 is 5.78. The van der Waals surface area contributed by atoms with Crippen LogP contribution in [0.4, 0.5) is 5.82 Å². The van der Waals surface area contributed by atoms with Crippen LogP contribution in [0.15, 0.2) is 72.1 Å². The third-order valence-electron chi connectivity index (χ3n) is 5.20. The summed E-state index contributed by atoms with van der Waals surface area (Å²) in [5.74, 6) is 1.66. The minimum Gasteiger partial charge on any atom is -0.490 e. The van der Waals surface area contributed by atoms with Crippen LogP contribution in [0.25, 0.3) is 22.4 Å². The van der Waals surface area contributed by atoms with Gasteiger partial charge in [-0.15, -0.1) is 0 Å². The van der Waals surface area contributed by atoms with Gasteiger partial charge in [-0.05, 0) is 88.1 Å². The molecule has 0 spiro atoms. The highest BCUT2D eigenvalue weighted by atomic mass is 16.5. The number of anilines is 1. The highest BCUT2D eigenvalue weighted by Gasteiger charge is 2.10. The van der Waals surface area contributed by atoms with E-state index in [4.69, 9.17) is 4.74 Å². The predicted molar refractivity (Wildman–Crippen MR) is 135 cm³/mol. The van der Waals surface area contributed by atoms with Crippen LogP contribution in [-0.4, -0.2) is 23.1 Å². The van der Waals surface area contributed by atoms with Crippen molar-refractivity contribution in [3.63, 3.8) is 0 Å². The summed E-state index contributed by atoms with van der Waals surface area (Å²) in [6.45, 7) is 13.9. The molecule has 0 aliphatic carbocycles. The molecule has 1 N–H and O–H groups in total. The van der Waals surface area contributed by atoms with Gasteiger partial charge in [-0.2, -0.15) is 0 Å². The van der Waals surface area contributed by atoms with Crippen LogP contribution in [-0.2, 0) is 0 Å². The van der Waals surface area contributed by atoms with E-state index in [1.54, 1.807) is 6.20 Å². The number of hydrogen-bond acceptors (Lipinski definition) is 4. The molecule has 0 aliphatic rings. The first-order valence-corrected chi connectivity index (χ1v) is 11.0. The third-order valence-corrected chi connectivity index (χ3v) is 5.20. The quantitative estimate of drug-likeness (QED) is 0.388. The Morgan fingerprint density at radius 2 is 1.50 bits per heavy atom. The van der Waals surface area contributed by atoms with Crippen molar-refractivity contribution in [1.29, 1.82) is 0 Å². The van der Waals surface area contributed by atoms with Crippen LogP contribution in [0.3, 0.4) is 0 Å². The number of nitrogens with one attached hydrogen (secondary N) is 1. The summed E-state index contributed by atoms with van der Waals surface area (Å²) in [5, 5.41) is 3.27. The summed E-state index contributed by atoms with van der Waals surface area (Å²) in [5.41, 5.74) is 9.30. The topological polar surface area (TPSA) is 47.0 Å². The number of allylic oxidation sites excluding steroid dienone is 2. The lowest BCUT2D eigenvalue weighted by Gasteiger charge is -2.13. The Kier molecular flexibility index (Phi) is 7.82. The van der Waals surface area contributed by atoms with Gasteiger partial charge in [0.25, 0.3) is 0 Å². The molecule has 166 valence electrons. The van der Waals surface area contributed by atoms with Crippen LogP contribution >= 0.6 is 0 Å². The van der Waals surface area contributed by atoms with Gasteiger partial charge in [0.15, 0.2) is 0 Å². The van der Waals surface area contributed by atoms with Crippen molar-refractivity contribution in [2.45, 2.75) is 41.5 Å². The van der Waals surface area contributed by atoms with Crippen molar-refractivity contribution in [1.82, 2.24) is 9.97 Å². The first-order valence-electron chi connectivity index (χ1n) is 11.0. The molecule has 2 aromatic carbocycles. The standard InChI is InChI=1S/C28H33N3O/c1-19(2)11-13-29-28-18-30-27(17-31-28)26-16-21(5)25(15-22(26)6)23-7-9-24(10-8-23)32-14-12-20(3)4/h7-12,15-18H,13-14H2,1-6H3,(H,29,31). The lowest BCUT2D eigenvalue weighted by atomic mass is 9.94. The van der Waals surface area contributed by atoms with E-state index in [0.29, 0.717) is 6.61 Å². The molecular formula is C28H33N3O. The average Bonchev–Trinajstić information content (AvgIpc) is 2.76. The summed E-state index contributed by atoms with van der Waals surface area (Å²) in [4.78, 5) is 9.16. The van der Waals surface area contributed by atoms with Gasteiger partial charge in [0.2, 0.25) is 0 Å². The van der Waals surface area contributed by atoms with Crippen molar-refractivity contribution < 1.29 is 4.74 Å². The van der Waals surface area contributed by atoms with Crippen molar-refractivity contribution >= 4 is 5.82 Å². The maximum Gasteiger partial charge on any atom is 0.144 e. The van der Waals surface area contributed by atoms with E-state index in [9.17, 15) is 0 Å². The van der Waals surface area contributed by atoms with E-state index in [1.165, 1.54) is 33.4 Å². The first kappa shape index (κ1) is 23.3. The molecule has 4 nitrogen and oxygen atoms in total. The van der Waals surface area contributed by atoms with Gasteiger partial charge in [0, 0.05) is 12.1 Å². The summed E-state index contributed by atoms with van der Waals surface area (Å²) in [6, 6.07) is 12.7. The van der Waals surface area contributed by atoms with Crippen molar-refractivity contribution in [2.75, 3.05) is 18.5 Å². The largest absolute Gasteiger partial charge is 0.490 e. The molecule has 0 fully saturated rings. The molecule has 0 radical (unpaired) electrons. The zero-order chi connectivity index (χ0) is 23.1. The van der Waals surface area contributed by atoms with E-state index in [-0.39, 0.29) is 0 Å². The first-order chi connectivity index (χ1) is 15.3. The molecule has 4 heteroatoms. The molecular weight excluding hydrogens is 394 g/mol. The van der Waals surface area contributed by atoms with Gasteiger partial charge in [0.05, 0.1) is 18.1 Å². The molecule has 3 rings (SSSR count). The smallest absolute Gasteiger partial charge is 0.144 e. The Morgan fingerprint density at radius 3 is 2.12 bits per heavy atom. The minimum atomic E-state index is 0.596. The zero-order valence-electron chi connectivity index (χ0n) is 20.0. The second kappa shape index (κ2) is 10.8. The van der Waals surface area contributed by atoms with Crippen LogP contribution < -0.4 is 10.1 Å². The molecule has 32 heavy (non-hydrogen) atoms. The summed E-state index contributed by atoms with van der Waals surface area (Å²) in [7, 11) is 0. The number of aryl methyl sites for hydroxylation is 2. The van der Waals surface area contributed by atoms with E-state index in [2.05, 4.69) is 93.2 Å². The Bertz CT molecular complexity index is 1010. The molecule has 0 bridgehead atoms. The van der Waals surface area contributed by atoms with Crippen molar-refractivity contribution in [3.05, 3.63) is 83.2 Å². The molecule has 0 saturated heterocycles. The molecule has 0 saturated carbocycles.